The first-order valence-corrected chi connectivity index (χ1v) is 6.98. The molecule has 1 fully saturated rings. The van der Waals surface area contributed by atoms with Gasteiger partial charge in [-0.1, -0.05) is 25.1 Å². The number of nitrogens with two attached hydrogens (primary N) is 1. The maximum atomic E-state index is 6.06. The van der Waals surface area contributed by atoms with Crippen molar-refractivity contribution in [3.05, 3.63) is 5.82 Å². The van der Waals surface area contributed by atoms with Crippen LogP contribution in [0.4, 0.5) is 0 Å². The van der Waals surface area contributed by atoms with E-state index in [1.165, 1.54) is 18.6 Å². The lowest BCUT2D eigenvalue weighted by Gasteiger charge is -2.09. The van der Waals surface area contributed by atoms with Crippen LogP contribution in [-0.2, 0) is 7.05 Å². The van der Waals surface area contributed by atoms with Crippen LogP contribution in [-0.4, -0.2) is 20.5 Å². The quantitative estimate of drug-likeness (QED) is 0.774. The summed E-state index contributed by atoms with van der Waals surface area (Å²) in [5, 5.41) is 9.42. The molecule has 1 aromatic rings. The molecule has 0 radical (unpaired) electrons. The van der Waals surface area contributed by atoms with Gasteiger partial charge in [-0.2, -0.15) is 0 Å². The van der Waals surface area contributed by atoms with Crippen molar-refractivity contribution < 1.29 is 0 Å². The summed E-state index contributed by atoms with van der Waals surface area (Å²) in [6.45, 7) is 2.14. The summed E-state index contributed by atoms with van der Waals surface area (Å²) >= 11 is 1.81. The van der Waals surface area contributed by atoms with Crippen LogP contribution in [0.5, 0.6) is 0 Å². The first-order valence-electron chi connectivity index (χ1n) is 6.00. The van der Waals surface area contributed by atoms with Crippen LogP contribution in [0.15, 0.2) is 5.16 Å². The van der Waals surface area contributed by atoms with E-state index in [-0.39, 0.29) is 6.04 Å². The second kappa shape index (κ2) is 5.19. The third kappa shape index (κ3) is 2.77. The van der Waals surface area contributed by atoms with Crippen molar-refractivity contribution >= 4 is 11.8 Å². The van der Waals surface area contributed by atoms with Gasteiger partial charge in [-0.25, -0.2) is 0 Å². The molecule has 0 bridgehead atoms. The van der Waals surface area contributed by atoms with Gasteiger partial charge in [0.25, 0.3) is 0 Å². The molecular formula is C11H20N4S. The minimum absolute atomic E-state index is 0.0257. The van der Waals surface area contributed by atoms with Gasteiger partial charge in [0.2, 0.25) is 0 Å². The van der Waals surface area contributed by atoms with Crippen molar-refractivity contribution in [1.82, 2.24) is 14.8 Å². The number of hydrogen-bond acceptors (Lipinski definition) is 4. The molecule has 1 aromatic heterocycles. The fourth-order valence-corrected chi connectivity index (χ4v) is 2.80. The minimum atomic E-state index is 0.0257. The minimum Gasteiger partial charge on any atom is -0.321 e. The standard InChI is InChI=1S/C11H20N4S/c1-3-4-9(12)10-13-14-11(15(10)2)16-7-8-5-6-8/h8-9H,3-7,12H2,1-2H3. The van der Waals surface area contributed by atoms with Crippen molar-refractivity contribution in [2.24, 2.45) is 18.7 Å². The number of aromatic nitrogens is 3. The van der Waals surface area contributed by atoms with Gasteiger partial charge in [-0.3, -0.25) is 0 Å². The molecule has 1 aliphatic rings. The van der Waals surface area contributed by atoms with Gasteiger partial charge in [0.15, 0.2) is 5.16 Å². The van der Waals surface area contributed by atoms with Crippen LogP contribution in [0.2, 0.25) is 0 Å². The van der Waals surface area contributed by atoms with Crippen LogP contribution < -0.4 is 5.73 Å². The van der Waals surface area contributed by atoms with Crippen molar-refractivity contribution in [2.45, 2.75) is 43.8 Å². The second-order valence-corrected chi connectivity index (χ2v) is 5.54. The molecule has 16 heavy (non-hydrogen) atoms. The zero-order chi connectivity index (χ0) is 11.5. The molecule has 0 spiro atoms. The first kappa shape index (κ1) is 11.9. The van der Waals surface area contributed by atoms with E-state index in [2.05, 4.69) is 17.1 Å². The third-order valence-corrected chi connectivity index (χ3v) is 4.20. The van der Waals surface area contributed by atoms with Crippen molar-refractivity contribution in [3.8, 4) is 0 Å². The molecule has 4 nitrogen and oxygen atoms in total. The fourth-order valence-electron chi connectivity index (χ4n) is 1.69. The van der Waals surface area contributed by atoms with Gasteiger partial charge in [-0.15, -0.1) is 10.2 Å². The molecule has 1 unspecified atom stereocenters. The molecule has 1 atom stereocenters. The van der Waals surface area contributed by atoms with Crippen LogP contribution in [0.1, 0.15) is 44.5 Å². The van der Waals surface area contributed by atoms with E-state index in [4.69, 9.17) is 5.73 Å². The van der Waals surface area contributed by atoms with Crippen LogP contribution in [0.3, 0.4) is 0 Å². The van der Waals surface area contributed by atoms with Gasteiger partial charge in [-0.05, 0) is 25.2 Å². The SMILES string of the molecule is CCCC(N)c1nnc(SCC2CC2)n1C. The van der Waals surface area contributed by atoms with Gasteiger partial charge < -0.3 is 10.3 Å². The maximum Gasteiger partial charge on any atom is 0.191 e. The van der Waals surface area contributed by atoms with Crippen molar-refractivity contribution in [3.63, 3.8) is 0 Å². The Morgan fingerprint density at radius 2 is 2.25 bits per heavy atom. The average molecular weight is 240 g/mol. The molecule has 5 heteroatoms. The zero-order valence-corrected chi connectivity index (χ0v) is 10.8. The van der Waals surface area contributed by atoms with E-state index in [9.17, 15) is 0 Å². The molecule has 90 valence electrons. The summed E-state index contributed by atoms with van der Waals surface area (Å²) in [5.41, 5.74) is 6.06. The summed E-state index contributed by atoms with van der Waals surface area (Å²) in [6.07, 6.45) is 4.82. The predicted octanol–water partition coefficient (Wildman–Crippen LogP) is 2.12. The maximum absolute atomic E-state index is 6.06. The van der Waals surface area contributed by atoms with Crippen LogP contribution in [0.25, 0.3) is 0 Å². The van der Waals surface area contributed by atoms with Crippen molar-refractivity contribution in [1.29, 1.82) is 0 Å². The second-order valence-electron chi connectivity index (χ2n) is 4.55. The summed E-state index contributed by atoms with van der Waals surface area (Å²) < 4.78 is 2.05. The number of thioether (sulfide) groups is 1. The Kier molecular flexibility index (Phi) is 3.86. The Bertz CT molecular complexity index is 346. The molecule has 0 aromatic carbocycles. The normalized spacial score (nSPS) is 17.7. The van der Waals surface area contributed by atoms with E-state index >= 15 is 0 Å². The third-order valence-electron chi connectivity index (χ3n) is 2.94. The Hall–Kier alpha value is -0.550. The number of rotatable bonds is 6. The highest BCUT2D eigenvalue weighted by Gasteiger charge is 2.23. The largest absolute Gasteiger partial charge is 0.321 e. The number of hydrogen-bond donors (Lipinski definition) is 1. The highest BCUT2D eigenvalue weighted by molar-refractivity contribution is 7.99. The molecule has 0 aliphatic heterocycles. The summed E-state index contributed by atoms with van der Waals surface area (Å²) in [5.74, 6) is 3.00. The monoisotopic (exact) mass is 240 g/mol. The van der Waals surface area contributed by atoms with Gasteiger partial charge in [0.05, 0.1) is 6.04 Å². The van der Waals surface area contributed by atoms with E-state index < -0.39 is 0 Å². The molecule has 0 amide bonds. The zero-order valence-electron chi connectivity index (χ0n) is 10.0. The highest BCUT2D eigenvalue weighted by atomic mass is 32.2. The molecule has 2 rings (SSSR count). The summed E-state index contributed by atoms with van der Waals surface area (Å²) in [4.78, 5) is 0. The predicted molar refractivity (Wildman–Crippen MR) is 66.3 cm³/mol. The topological polar surface area (TPSA) is 56.7 Å². The van der Waals surface area contributed by atoms with Gasteiger partial charge in [0, 0.05) is 12.8 Å². The average Bonchev–Trinajstić information content (AvgIpc) is 3.01. The molecule has 1 aliphatic carbocycles. The molecule has 1 heterocycles. The fraction of sp³-hybridized carbons (Fsp3) is 0.818. The molecule has 1 saturated carbocycles. The summed E-state index contributed by atoms with van der Waals surface area (Å²) in [6, 6.07) is 0.0257. The first-order chi connectivity index (χ1) is 7.72. The lowest BCUT2D eigenvalue weighted by atomic mass is 10.2. The van der Waals surface area contributed by atoms with Gasteiger partial charge in [0.1, 0.15) is 5.82 Å². The smallest absolute Gasteiger partial charge is 0.191 e. The Morgan fingerprint density at radius 1 is 1.50 bits per heavy atom. The van der Waals surface area contributed by atoms with E-state index in [0.29, 0.717) is 0 Å². The summed E-state index contributed by atoms with van der Waals surface area (Å²) in [7, 11) is 2.01. The lowest BCUT2D eigenvalue weighted by molar-refractivity contribution is 0.570. The molecule has 0 saturated heterocycles. The lowest BCUT2D eigenvalue weighted by Crippen LogP contribution is -2.15. The molecular weight excluding hydrogens is 220 g/mol. The van der Waals surface area contributed by atoms with E-state index in [1.54, 1.807) is 0 Å². The Labute approximate surface area is 101 Å². The molecule has 2 N–H and O–H groups in total. The van der Waals surface area contributed by atoms with Gasteiger partial charge >= 0.3 is 0 Å². The number of nitrogens with zero attached hydrogens (tertiary/aromatic N) is 3. The van der Waals surface area contributed by atoms with Crippen LogP contribution >= 0.6 is 11.8 Å². The Balaban J connectivity index is 1.97. The highest BCUT2D eigenvalue weighted by Crippen LogP contribution is 2.34. The van der Waals surface area contributed by atoms with E-state index in [1.807, 2.05) is 23.4 Å². The Morgan fingerprint density at radius 3 is 2.88 bits per heavy atom. The van der Waals surface area contributed by atoms with E-state index in [0.717, 1.165) is 29.7 Å². The van der Waals surface area contributed by atoms with Crippen LogP contribution in [0, 0.1) is 5.92 Å². The van der Waals surface area contributed by atoms with Crippen molar-refractivity contribution in [2.75, 3.05) is 5.75 Å².